The Bertz CT molecular complexity index is 1400. The highest BCUT2D eigenvalue weighted by atomic mass is 16.1. The number of rotatable bonds is 4. The summed E-state index contributed by atoms with van der Waals surface area (Å²) in [5.41, 5.74) is 8.02. The molecule has 2 unspecified atom stereocenters. The molecule has 4 aromatic rings. The fourth-order valence-corrected chi connectivity index (χ4v) is 7.40. The van der Waals surface area contributed by atoms with Gasteiger partial charge in [-0.1, -0.05) is 121 Å². The lowest BCUT2D eigenvalue weighted by Crippen LogP contribution is -2.39. The molecule has 0 fully saturated rings. The minimum absolute atomic E-state index is 0.317. The first-order valence-electron chi connectivity index (χ1n) is 13.1. The number of ketones is 1. The molecule has 36 heavy (non-hydrogen) atoms. The van der Waals surface area contributed by atoms with Crippen LogP contribution in [-0.2, 0) is 15.6 Å². The molecular weight excluding hydrogens is 436 g/mol. The number of hydrogen-bond donors (Lipinski definition) is 0. The van der Waals surface area contributed by atoms with Crippen LogP contribution in [0.2, 0.25) is 0 Å². The van der Waals surface area contributed by atoms with Crippen molar-refractivity contribution in [2.75, 3.05) is 0 Å². The van der Waals surface area contributed by atoms with Crippen molar-refractivity contribution in [2.45, 2.75) is 36.5 Å². The van der Waals surface area contributed by atoms with Crippen LogP contribution < -0.4 is 0 Å². The maximum Gasteiger partial charge on any atom is 0.170 e. The van der Waals surface area contributed by atoms with Crippen LogP contribution >= 0.6 is 0 Å². The van der Waals surface area contributed by atoms with E-state index < -0.39 is 10.8 Å². The summed E-state index contributed by atoms with van der Waals surface area (Å²) in [5.74, 6) is 0.317. The van der Waals surface area contributed by atoms with Crippen molar-refractivity contribution in [1.29, 1.82) is 0 Å². The number of carbonyl (C=O) groups excluding carboxylic acids is 1. The smallest absolute Gasteiger partial charge is 0.170 e. The molecule has 0 spiro atoms. The largest absolute Gasteiger partial charge is 0.296 e. The van der Waals surface area contributed by atoms with Crippen LogP contribution in [0.4, 0.5) is 0 Å². The quantitative estimate of drug-likeness (QED) is 0.280. The molecule has 2 atom stereocenters. The molecule has 4 aromatic carbocycles. The third-order valence-electron chi connectivity index (χ3n) is 8.59. The van der Waals surface area contributed by atoms with E-state index in [2.05, 4.69) is 121 Å². The predicted octanol–water partition coefficient (Wildman–Crippen LogP) is 7.94. The summed E-state index contributed by atoms with van der Waals surface area (Å²) < 4.78 is 0. The molecule has 0 N–H and O–H groups in total. The van der Waals surface area contributed by atoms with Gasteiger partial charge in [0, 0.05) is 0 Å². The summed E-state index contributed by atoms with van der Waals surface area (Å²) in [6.45, 7) is 0. The molecule has 0 saturated heterocycles. The number of benzene rings is 4. The second kappa shape index (κ2) is 8.03. The molecule has 0 aromatic heterocycles. The molecule has 0 aliphatic heterocycles. The highest BCUT2D eigenvalue weighted by Crippen LogP contribution is 2.72. The lowest BCUT2D eigenvalue weighted by Gasteiger charge is -2.39. The summed E-state index contributed by atoms with van der Waals surface area (Å²) in [5, 5.41) is 0. The monoisotopic (exact) mass is 464 g/mol. The Morgan fingerprint density at radius 3 is 1.14 bits per heavy atom. The van der Waals surface area contributed by atoms with Crippen LogP contribution in [0.5, 0.6) is 0 Å². The highest BCUT2D eigenvalue weighted by Gasteiger charge is 2.71. The zero-order valence-corrected chi connectivity index (χ0v) is 20.3. The first-order valence-corrected chi connectivity index (χ1v) is 13.1. The molecule has 3 aliphatic carbocycles. The molecule has 1 heteroatoms. The van der Waals surface area contributed by atoms with Crippen molar-refractivity contribution >= 4 is 16.9 Å². The van der Waals surface area contributed by atoms with E-state index >= 15 is 4.79 Å². The van der Waals surface area contributed by atoms with E-state index in [0.717, 1.165) is 47.9 Å². The molecule has 0 heterocycles. The zero-order chi connectivity index (χ0) is 24.2. The number of allylic oxidation sites excluding steroid dienone is 4. The van der Waals surface area contributed by atoms with Gasteiger partial charge in [-0.15, -0.1) is 0 Å². The van der Waals surface area contributed by atoms with Crippen LogP contribution in [0.1, 0.15) is 47.9 Å². The number of hydrogen-bond acceptors (Lipinski definition) is 1. The first-order chi connectivity index (χ1) is 17.8. The average molecular weight is 465 g/mol. The van der Waals surface area contributed by atoms with E-state index in [1.54, 1.807) is 0 Å². The fraction of sp³-hybridized carbons (Fsp3) is 0.171. The van der Waals surface area contributed by atoms with E-state index in [4.69, 9.17) is 0 Å². The summed E-state index contributed by atoms with van der Waals surface area (Å²) in [6, 6.07) is 42.5. The van der Waals surface area contributed by atoms with Gasteiger partial charge < -0.3 is 0 Å². The summed E-state index contributed by atoms with van der Waals surface area (Å²) >= 11 is 0. The van der Waals surface area contributed by atoms with Gasteiger partial charge in [0.15, 0.2) is 5.78 Å². The fourth-order valence-electron chi connectivity index (χ4n) is 7.40. The highest BCUT2D eigenvalue weighted by molar-refractivity contribution is 6.33. The molecule has 7 rings (SSSR count). The van der Waals surface area contributed by atoms with E-state index in [9.17, 15) is 0 Å². The van der Waals surface area contributed by atoms with E-state index in [-0.39, 0.29) is 0 Å². The number of Topliss-reactive ketones (excluding diaryl/α,β-unsaturated/α-hetero) is 1. The van der Waals surface area contributed by atoms with Crippen LogP contribution in [0, 0.1) is 0 Å². The third-order valence-corrected chi connectivity index (χ3v) is 8.59. The van der Waals surface area contributed by atoms with Crippen molar-refractivity contribution in [3.05, 3.63) is 155 Å². The van der Waals surface area contributed by atoms with Gasteiger partial charge in [-0.25, -0.2) is 0 Å². The SMILES string of the molecule is O=C1C2(c3ccccc3)C3=C(CCCC3)C1(c1ccccc1)C(c1ccccc1)=C2c1ccccc1. The summed E-state index contributed by atoms with van der Waals surface area (Å²) in [4.78, 5) is 15.5. The van der Waals surface area contributed by atoms with Crippen LogP contribution in [-0.4, -0.2) is 5.78 Å². The first kappa shape index (κ1) is 21.3. The molecule has 0 radical (unpaired) electrons. The lowest BCUT2D eigenvalue weighted by molar-refractivity contribution is -0.122. The molecule has 2 bridgehead atoms. The predicted molar refractivity (Wildman–Crippen MR) is 146 cm³/mol. The van der Waals surface area contributed by atoms with Gasteiger partial charge in [-0.2, -0.15) is 0 Å². The topological polar surface area (TPSA) is 17.1 Å². The van der Waals surface area contributed by atoms with Crippen LogP contribution in [0.3, 0.4) is 0 Å². The van der Waals surface area contributed by atoms with Gasteiger partial charge in [-0.3, -0.25) is 4.79 Å². The second-order valence-corrected chi connectivity index (χ2v) is 10.2. The van der Waals surface area contributed by atoms with Gasteiger partial charge in [-0.05, 0) is 70.2 Å². The Labute approximate surface area is 212 Å². The van der Waals surface area contributed by atoms with Gasteiger partial charge >= 0.3 is 0 Å². The van der Waals surface area contributed by atoms with Gasteiger partial charge in [0.2, 0.25) is 0 Å². The Kier molecular flexibility index (Phi) is 4.76. The zero-order valence-electron chi connectivity index (χ0n) is 20.3. The van der Waals surface area contributed by atoms with Crippen molar-refractivity contribution in [1.82, 2.24) is 0 Å². The van der Waals surface area contributed by atoms with E-state index in [1.165, 1.54) is 22.3 Å². The maximum absolute atomic E-state index is 15.5. The van der Waals surface area contributed by atoms with E-state index in [0.29, 0.717) is 5.78 Å². The average Bonchev–Trinajstić information content (AvgIpc) is 3.35. The van der Waals surface area contributed by atoms with Gasteiger partial charge in [0.1, 0.15) is 10.8 Å². The lowest BCUT2D eigenvalue weighted by atomic mass is 9.62. The van der Waals surface area contributed by atoms with Crippen molar-refractivity contribution in [2.24, 2.45) is 0 Å². The van der Waals surface area contributed by atoms with Crippen LogP contribution in [0.15, 0.2) is 132 Å². The summed E-state index contributed by atoms with van der Waals surface area (Å²) in [6.07, 6.45) is 4.22. The van der Waals surface area contributed by atoms with Crippen molar-refractivity contribution in [3.8, 4) is 0 Å². The molecule has 0 saturated carbocycles. The van der Waals surface area contributed by atoms with Gasteiger partial charge in [0.05, 0.1) is 0 Å². The van der Waals surface area contributed by atoms with E-state index in [1.807, 2.05) is 0 Å². The second-order valence-electron chi connectivity index (χ2n) is 10.2. The Hall–Kier alpha value is -3.97. The molecule has 174 valence electrons. The normalized spacial score (nSPS) is 24.8. The molecule has 3 aliphatic rings. The summed E-state index contributed by atoms with van der Waals surface area (Å²) in [7, 11) is 0. The van der Waals surface area contributed by atoms with Crippen molar-refractivity contribution < 1.29 is 4.79 Å². The van der Waals surface area contributed by atoms with Gasteiger partial charge in [0.25, 0.3) is 0 Å². The minimum atomic E-state index is -0.765. The molecular formula is C35H28O. The molecule has 0 amide bonds. The number of fused-ring (bicyclic) bond motifs is 4. The maximum atomic E-state index is 15.5. The molecule has 1 nitrogen and oxygen atoms in total. The number of carbonyl (C=O) groups is 1. The van der Waals surface area contributed by atoms with Crippen LogP contribution in [0.25, 0.3) is 11.1 Å². The minimum Gasteiger partial charge on any atom is -0.296 e. The Morgan fingerprint density at radius 1 is 0.444 bits per heavy atom. The Balaban J connectivity index is 1.71. The Morgan fingerprint density at radius 2 is 0.778 bits per heavy atom. The van der Waals surface area contributed by atoms with Crippen molar-refractivity contribution in [3.63, 3.8) is 0 Å². The standard InChI is InChI=1S/C35H28O/c36-33-34(27-19-9-3-10-20-27)29-23-13-14-24-30(29)35(33,28-21-11-4-12-22-28)32(26-17-7-2-8-18-26)31(34)25-15-5-1-6-16-25/h1-12,15-22H,13-14,23-24H2. The third kappa shape index (κ3) is 2.58.